The second kappa shape index (κ2) is 5.90. The van der Waals surface area contributed by atoms with Crippen LogP contribution >= 0.6 is 0 Å². The lowest BCUT2D eigenvalue weighted by Crippen LogP contribution is -2.23. The number of pyridine rings is 1. The molecule has 2 aromatic rings. The standard InChI is InChI=1S/C16H20N4/c1-2-20-16(19-13-7-6-10-15(19)18-20)17-12-11-14-8-4-3-5-9-14/h3-8,10,13-14H,2,9,11-12H2,1H3. The van der Waals surface area contributed by atoms with Crippen molar-refractivity contribution < 1.29 is 0 Å². The molecule has 0 N–H and O–H groups in total. The minimum Gasteiger partial charge on any atom is -0.269 e. The molecule has 0 radical (unpaired) electrons. The molecule has 4 nitrogen and oxygen atoms in total. The first-order chi connectivity index (χ1) is 9.88. The maximum Gasteiger partial charge on any atom is 0.227 e. The van der Waals surface area contributed by atoms with Crippen molar-refractivity contribution in [1.29, 1.82) is 0 Å². The molecule has 0 aromatic carbocycles. The topological polar surface area (TPSA) is 34.6 Å². The quantitative estimate of drug-likeness (QED) is 0.839. The molecule has 1 aliphatic rings. The highest BCUT2D eigenvalue weighted by molar-refractivity contribution is 5.35. The number of hydrogen-bond donors (Lipinski definition) is 0. The van der Waals surface area contributed by atoms with Crippen LogP contribution in [-0.2, 0) is 6.54 Å². The van der Waals surface area contributed by atoms with E-state index in [1.165, 1.54) is 0 Å². The van der Waals surface area contributed by atoms with Gasteiger partial charge in [-0.15, -0.1) is 0 Å². The average Bonchev–Trinajstić information content (AvgIpc) is 2.87. The Bertz CT molecular complexity index is 703. The van der Waals surface area contributed by atoms with Crippen LogP contribution in [0.2, 0.25) is 0 Å². The molecule has 3 rings (SSSR count). The molecule has 0 amide bonds. The lowest BCUT2D eigenvalue weighted by Gasteiger charge is -2.10. The van der Waals surface area contributed by atoms with Gasteiger partial charge in [0, 0.05) is 19.3 Å². The molecule has 0 fully saturated rings. The lowest BCUT2D eigenvalue weighted by atomic mass is 9.98. The van der Waals surface area contributed by atoms with Crippen LogP contribution in [0, 0.1) is 5.92 Å². The molecule has 20 heavy (non-hydrogen) atoms. The predicted octanol–water partition coefficient (Wildman–Crippen LogP) is 2.58. The lowest BCUT2D eigenvalue weighted by molar-refractivity contribution is 0.574. The Hall–Kier alpha value is -2.10. The van der Waals surface area contributed by atoms with Crippen LogP contribution in [-0.4, -0.2) is 20.7 Å². The largest absolute Gasteiger partial charge is 0.269 e. The van der Waals surface area contributed by atoms with Crippen molar-refractivity contribution in [3.8, 4) is 0 Å². The smallest absolute Gasteiger partial charge is 0.227 e. The molecule has 104 valence electrons. The Labute approximate surface area is 118 Å². The number of allylic oxidation sites excluding steroid dienone is 4. The number of fused-ring (bicyclic) bond motifs is 1. The van der Waals surface area contributed by atoms with Crippen molar-refractivity contribution in [3.05, 3.63) is 54.3 Å². The minimum absolute atomic E-state index is 0.623. The van der Waals surface area contributed by atoms with Crippen LogP contribution in [0.4, 0.5) is 0 Å². The first kappa shape index (κ1) is 12.9. The molecule has 2 heterocycles. The van der Waals surface area contributed by atoms with Gasteiger partial charge in [-0.3, -0.25) is 9.39 Å². The molecule has 1 unspecified atom stereocenters. The van der Waals surface area contributed by atoms with E-state index < -0.39 is 0 Å². The van der Waals surface area contributed by atoms with Gasteiger partial charge in [0.2, 0.25) is 5.62 Å². The summed E-state index contributed by atoms with van der Waals surface area (Å²) in [6, 6.07) is 6.04. The van der Waals surface area contributed by atoms with Crippen LogP contribution in [0.25, 0.3) is 5.65 Å². The monoisotopic (exact) mass is 268 g/mol. The van der Waals surface area contributed by atoms with Crippen LogP contribution in [0.1, 0.15) is 19.8 Å². The first-order valence-corrected chi connectivity index (χ1v) is 7.26. The van der Waals surface area contributed by atoms with Gasteiger partial charge in [0.05, 0.1) is 0 Å². The molecule has 4 heteroatoms. The molecule has 0 saturated heterocycles. The summed E-state index contributed by atoms with van der Waals surface area (Å²) in [4.78, 5) is 4.76. The Morgan fingerprint density at radius 3 is 3.10 bits per heavy atom. The molecule has 1 atom stereocenters. The van der Waals surface area contributed by atoms with Gasteiger partial charge >= 0.3 is 0 Å². The van der Waals surface area contributed by atoms with Crippen LogP contribution < -0.4 is 5.62 Å². The molecule has 0 spiro atoms. The van der Waals surface area contributed by atoms with E-state index in [-0.39, 0.29) is 0 Å². The summed E-state index contributed by atoms with van der Waals surface area (Å²) in [5.41, 5.74) is 1.90. The van der Waals surface area contributed by atoms with E-state index in [2.05, 4.69) is 40.7 Å². The molecular formula is C16H20N4. The van der Waals surface area contributed by atoms with Gasteiger partial charge in [0.25, 0.3) is 0 Å². The van der Waals surface area contributed by atoms with Crippen molar-refractivity contribution in [1.82, 2.24) is 14.2 Å². The van der Waals surface area contributed by atoms with E-state index in [4.69, 9.17) is 4.99 Å². The van der Waals surface area contributed by atoms with Gasteiger partial charge in [-0.2, -0.15) is 5.10 Å². The third-order valence-corrected chi connectivity index (χ3v) is 3.63. The van der Waals surface area contributed by atoms with Crippen molar-refractivity contribution in [2.45, 2.75) is 26.3 Å². The van der Waals surface area contributed by atoms with Crippen LogP contribution in [0.15, 0.2) is 53.7 Å². The first-order valence-electron chi connectivity index (χ1n) is 7.26. The van der Waals surface area contributed by atoms with Gasteiger partial charge < -0.3 is 0 Å². The Morgan fingerprint density at radius 1 is 1.35 bits per heavy atom. The van der Waals surface area contributed by atoms with Crippen LogP contribution in [0.5, 0.6) is 0 Å². The fourth-order valence-corrected chi connectivity index (χ4v) is 2.52. The van der Waals surface area contributed by atoms with Gasteiger partial charge in [-0.05, 0) is 37.8 Å². The normalized spacial score (nSPS) is 19.1. The van der Waals surface area contributed by atoms with Crippen molar-refractivity contribution >= 4 is 5.65 Å². The number of aryl methyl sites for hydroxylation is 1. The highest BCUT2D eigenvalue weighted by Crippen LogP contribution is 2.14. The van der Waals surface area contributed by atoms with Crippen molar-refractivity contribution in [3.63, 3.8) is 0 Å². The maximum atomic E-state index is 4.76. The number of aromatic nitrogens is 3. The highest BCUT2D eigenvalue weighted by Gasteiger charge is 2.05. The Balaban J connectivity index is 1.83. The number of hydrogen-bond acceptors (Lipinski definition) is 2. The minimum atomic E-state index is 0.623. The van der Waals surface area contributed by atoms with E-state index >= 15 is 0 Å². The Kier molecular flexibility index (Phi) is 3.81. The fourth-order valence-electron chi connectivity index (χ4n) is 2.52. The average molecular weight is 268 g/mol. The summed E-state index contributed by atoms with van der Waals surface area (Å²) < 4.78 is 4.02. The number of rotatable bonds is 4. The fraction of sp³-hybridized carbons (Fsp3) is 0.375. The Morgan fingerprint density at radius 2 is 2.30 bits per heavy atom. The molecule has 2 aromatic heterocycles. The molecular weight excluding hydrogens is 248 g/mol. The zero-order valence-corrected chi connectivity index (χ0v) is 11.8. The summed E-state index contributed by atoms with van der Waals surface area (Å²) >= 11 is 0. The second-order valence-electron chi connectivity index (χ2n) is 5.02. The zero-order chi connectivity index (χ0) is 13.8. The van der Waals surface area contributed by atoms with Crippen LogP contribution in [0.3, 0.4) is 0 Å². The molecule has 0 bridgehead atoms. The second-order valence-corrected chi connectivity index (χ2v) is 5.02. The molecule has 1 aliphatic carbocycles. The third-order valence-electron chi connectivity index (χ3n) is 3.63. The summed E-state index contributed by atoms with van der Waals surface area (Å²) in [7, 11) is 0. The SMILES string of the molecule is CCn1nc2ccccn2c1=NCCC1C=CC=CC1. The van der Waals surface area contributed by atoms with E-state index in [1.54, 1.807) is 0 Å². The maximum absolute atomic E-state index is 4.76. The van der Waals surface area contributed by atoms with Crippen molar-refractivity contribution in [2.24, 2.45) is 10.9 Å². The summed E-state index contributed by atoms with van der Waals surface area (Å²) in [5, 5.41) is 4.56. The summed E-state index contributed by atoms with van der Waals surface area (Å²) in [5.74, 6) is 0.623. The summed E-state index contributed by atoms with van der Waals surface area (Å²) in [6.45, 7) is 3.78. The van der Waals surface area contributed by atoms with E-state index in [0.717, 1.165) is 37.2 Å². The highest BCUT2D eigenvalue weighted by atomic mass is 15.4. The van der Waals surface area contributed by atoms with Gasteiger partial charge in [-0.25, -0.2) is 4.68 Å². The van der Waals surface area contributed by atoms with Gasteiger partial charge in [0.15, 0.2) is 5.65 Å². The van der Waals surface area contributed by atoms with Gasteiger partial charge in [0.1, 0.15) is 0 Å². The van der Waals surface area contributed by atoms with Crippen molar-refractivity contribution in [2.75, 3.05) is 6.54 Å². The van der Waals surface area contributed by atoms with E-state index in [0.29, 0.717) is 5.92 Å². The third kappa shape index (κ3) is 2.59. The predicted molar refractivity (Wildman–Crippen MR) is 80.3 cm³/mol. The zero-order valence-electron chi connectivity index (χ0n) is 11.8. The molecule has 0 aliphatic heterocycles. The van der Waals surface area contributed by atoms with E-state index in [9.17, 15) is 0 Å². The number of nitrogens with zero attached hydrogens (tertiary/aromatic N) is 4. The summed E-state index contributed by atoms with van der Waals surface area (Å²) in [6.07, 6.45) is 13.0. The molecule has 0 saturated carbocycles. The van der Waals surface area contributed by atoms with E-state index in [1.807, 2.05) is 29.1 Å². The van der Waals surface area contributed by atoms with Gasteiger partial charge in [-0.1, -0.05) is 30.4 Å².